The van der Waals surface area contributed by atoms with E-state index in [0.29, 0.717) is 81.1 Å². The molecule has 1 fully saturated rings. The van der Waals surface area contributed by atoms with Gasteiger partial charge in [-0.3, -0.25) is 19.2 Å². The highest BCUT2D eigenvalue weighted by Crippen LogP contribution is 2.36. The molecular formula is C56H69N11O9S. The summed E-state index contributed by atoms with van der Waals surface area (Å²) in [5.41, 5.74) is 6.86. The van der Waals surface area contributed by atoms with Gasteiger partial charge in [0.15, 0.2) is 11.6 Å². The van der Waals surface area contributed by atoms with Crippen molar-refractivity contribution in [1.29, 1.82) is 0 Å². The van der Waals surface area contributed by atoms with Gasteiger partial charge in [-0.2, -0.15) is 0 Å². The van der Waals surface area contributed by atoms with Gasteiger partial charge in [-0.15, -0.1) is 21.5 Å². The fraction of sp³-hybridized carbons (Fsp3) is 0.446. The van der Waals surface area contributed by atoms with Crippen molar-refractivity contribution < 1.29 is 43.2 Å². The van der Waals surface area contributed by atoms with Gasteiger partial charge in [-0.1, -0.05) is 51.1 Å². The van der Waals surface area contributed by atoms with Crippen LogP contribution in [0.25, 0.3) is 22.0 Å². The van der Waals surface area contributed by atoms with E-state index < -0.39 is 35.4 Å². The van der Waals surface area contributed by atoms with Gasteiger partial charge in [0.25, 0.3) is 5.91 Å². The van der Waals surface area contributed by atoms with Crippen LogP contribution in [0.5, 0.6) is 11.5 Å². The summed E-state index contributed by atoms with van der Waals surface area (Å²) < 4.78 is 25.4. The molecule has 0 aliphatic carbocycles. The summed E-state index contributed by atoms with van der Waals surface area (Å²) in [4.78, 5) is 69.1. The van der Waals surface area contributed by atoms with E-state index in [1.807, 2.05) is 105 Å². The maximum absolute atomic E-state index is 14.0. The van der Waals surface area contributed by atoms with Crippen molar-refractivity contribution in [2.24, 2.45) is 12.5 Å². The molecule has 8 rings (SSSR count). The predicted molar refractivity (Wildman–Crippen MR) is 290 cm³/mol. The lowest BCUT2D eigenvalue weighted by Gasteiger charge is -2.35. The third kappa shape index (κ3) is 15.2. The molecule has 3 aromatic heterocycles. The molecule has 4 atom stereocenters. The van der Waals surface area contributed by atoms with E-state index in [9.17, 15) is 24.3 Å². The molecule has 6 aromatic rings. The highest BCUT2D eigenvalue weighted by atomic mass is 32.1. The van der Waals surface area contributed by atoms with E-state index in [-0.39, 0.29) is 44.0 Å². The Bertz CT molecular complexity index is 2930. The Kier molecular flexibility index (Phi) is 19.3. The van der Waals surface area contributed by atoms with E-state index in [4.69, 9.17) is 18.9 Å². The fourth-order valence-corrected chi connectivity index (χ4v) is 9.96. The number of likely N-dealkylation sites (tertiary alicyclic amines) is 1. The number of aromatic nitrogens is 6. The molecule has 0 spiro atoms. The molecule has 5 N–H and O–H groups in total. The van der Waals surface area contributed by atoms with E-state index in [1.54, 1.807) is 29.7 Å². The molecule has 408 valence electrons. The van der Waals surface area contributed by atoms with E-state index in [2.05, 4.69) is 46.4 Å². The molecule has 21 heteroatoms. The van der Waals surface area contributed by atoms with Crippen molar-refractivity contribution in [2.45, 2.75) is 104 Å². The summed E-state index contributed by atoms with van der Waals surface area (Å²) in [6, 6.07) is 20.6. The molecule has 2 aliphatic heterocycles. The van der Waals surface area contributed by atoms with Gasteiger partial charge in [-0.25, -0.2) is 15.0 Å². The average Bonchev–Trinajstić information content (AvgIpc) is 4.17. The number of unbranched alkanes of at least 4 members (excludes halogenated alkanes) is 2. The van der Waals surface area contributed by atoms with Crippen LogP contribution >= 0.6 is 11.3 Å². The Hall–Kier alpha value is -7.33. The molecule has 5 heterocycles. The third-order valence-corrected chi connectivity index (χ3v) is 14.4. The smallest absolute Gasteiger partial charge is 0.251 e. The van der Waals surface area contributed by atoms with Gasteiger partial charge in [0.1, 0.15) is 42.2 Å². The number of aliphatic hydroxyl groups is 1. The van der Waals surface area contributed by atoms with E-state index in [1.165, 1.54) is 11.2 Å². The molecule has 0 radical (unpaired) electrons. The topological polar surface area (TPSA) is 246 Å². The summed E-state index contributed by atoms with van der Waals surface area (Å²) in [6.07, 6.45) is 6.14. The van der Waals surface area contributed by atoms with Crippen molar-refractivity contribution in [3.8, 4) is 33.5 Å². The zero-order chi connectivity index (χ0) is 54.3. The molecule has 0 unspecified atom stereocenters. The number of fused-ring (bicyclic) bond motifs is 1. The molecule has 4 amide bonds. The second-order valence-electron chi connectivity index (χ2n) is 20.3. The van der Waals surface area contributed by atoms with Gasteiger partial charge in [0.05, 0.1) is 48.0 Å². The highest BCUT2D eigenvalue weighted by Gasteiger charge is 2.44. The summed E-state index contributed by atoms with van der Waals surface area (Å²) in [6.45, 7) is 10.2. The quantitative estimate of drug-likeness (QED) is 0.0392. The molecule has 0 saturated carbocycles. The number of hydrogen-bond acceptors (Lipinski definition) is 16. The van der Waals surface area contributed by atoms with Crippen LogP contribution < -0.4 is 30.7 Å². The molecule has 2 aliphatic rings. The van der Waals surface area contributed by atoms with Crippen molar-refractivity contribution in [3.05, 3.63) is 119 Å². The lowest BCUT2D eigenvalue weighted by Crippen LogP contribution is -2.58. The Morgan fingerprint density at radius 2 is 1.71 bits per heavy atom. The molecule has 1 saturated heterocycles. The average molecular weight is 1070 g/mol. The summed E-state index contributed by atoms with van der Waals surface area (Å²) >= 11 is 1.57. The van der Waals surface area contributed by atoms with Gasteiger partial charge >= 0.3 is 0 Å². The Labute approximate surface area is 452 Å². The van der Waals surface area contributed by atoms with Crippen LogP contribution in [0.3, 0.4) is 0 Å². The van der Waals surface area contributed by atoms with Crippen LogP contribution in [0.4, 0.5) is 5.69 Å². The minimum absolute atomic E-state index is 0.0117. The number of anilines is 1. The van der Waals surface area contributed by atoms with Crippen molar-refractivity contribution in [3.63, 3.8) is 0 Å². The van der Waals surface area contributed by atoms with Gasteiger partial charge in [0, 0.05) is 75.8 Å². The van der Waals surface area contributed by atoms with Crippen LogP contribution in [0.2, 0.25) is 0 Å². The first-order valence-corrected chi connectivity index (χ1v) is 27.0. The number of benzene rings is 3. The van der Waals surface area contributed by atoms with Crippen LogP contribution in [-0.4, -0.2) is 128 Å². The van der Waals surface area contributed by atoms with E-state index in [0.717, 1.165) is 58.0 Å². The number of β-amino-alcohol motifs (C(OH)–C–C–N with tert-alkyl or cyclic N) is 1. The standard InChI is InChI=1S/C56H69N11O9S/c1-36-50(77-35-61-36)38-15-13-37(14-16-38)30-59-54(71)46-28-41(68)32-67(46)55(72)51(56(2,3)4)63-49(69)33-74-24-10-23-73-22-7-6-8-25-75-42-17-18-47-43(29-42)44(20-26-76-47)62-53(70)39-11-9-12-40(27-39)58-31-48-64-65-52(66(48)5)45-19-21-57-34-60-45/h9,11-19,21,27,29,34-35,41,44,46,51,58,68H,6-8,10,20,22-26,28,30-33H2,1-5H3,(H,59,71)(H,62,70)(H,63,69)/t41-,44-,46+,51-/m1/s1. The number of aryl methyl sites for hydroxylation is 1. The third-order valence-electron chi connectivity index (χ3n) is 13.4. The molecule has 20 nitrogen and oxygen atoms in total. The van der Waals surface area contributed by atoms with Gasteiger partial charge in [-0.05, 0) is 91.6 Å². The number of aliphatic hydroxyl groups excluding tert-OH is 1. The van der Waals surface area contributed by atoms with Crippen molar-refractivity contribution >= 4 is 40.7 Å². The first-order chi connectivity index (χ1) is 37.2. The van der Waals surface area contributed by atoms with Crippen molar-refractivity contribution in [2.75, 3.05) is 51.5 Å². The zero-order valence-electron chi connectivity index (χ0n) is 44.3. The monoisotopic (exact) mass is 1070 g/mol. The number of nitrogens with one attached hydrogen (secondary N) is 4. The fourth-order valence-electron chi connectivity index (χ4n) is 9.15. The number of carbonyl (C=O) groups is 4. The van der Waals surface area contributed by atoms with Crippen molar-refractivity contribution in [1.82, 2.24) is 50.6 Å². The number of carbonyl (C=O) groups excluding carboxylic acids is 4. The molecule has 3 aromatic carbocycles. The Morgan fingerprint density at radius 1 is 0.909 bits per heavy atom. The lowest BCUT2D eigenvalue weighted by atomic mass is 9.85. The predicted octanol–water partition coefficient (Wildman–Crippen LogP) is 6.35. The van der Waals surface area contributed by atoms with E-state index >= 15 is 0 Å². The Morgan fingerprint density at radius 3 is 2.49 bits per heavy atom. The first-order valence-electron chi connectivity index (χ1n) is 26.1. The number of amides is 4. The zero-order valence-corrected chi connectivity index (χ0v) is 45.1. The first kappa shape index (κ1) is 55.9. The van der Waals surface area contributed by atoms with Crippen LogP contribution in [0.1, 0.15) is 98.3 Å². The molecule has 77 heavy (non-hydrogen) atoms. The second-order valence-corrected chi connectivity index (χ2v) is 21.1. The Balaban J connectivity index is 0.689. The second kappa shape index (κ2) is 26.6. The molecule has 0 bridgehead atoms. The van der Waals surface area contributed by atoms with Crippen LogP contribution in [0, 0.1) is 12.3 Å². The lowest BCUT2D eigenvalue weighted by molar-refractivity contribution is -0.144. The van der Waals surface area contributed by atoms with Gasteiger partial charge in [0.2, 0.25) is 17.7 Å². The van der Waals surface area contributed by atoms with Crippen LogP contribution in [-0.2, 0) is 44.0 Å². The molecular weight excluding hydrogens is 1000 g/mol. The number of hydrogen-bond donors (Lipinski definition) is 5. The summed E-state index contributed by atoms with van der Waals surface area (Å²) in [7, 11) is 1.88. The summed E-state index contributed by atoms with van der Waals surface area (Å²) in [5, 5.41) is 31.5. The number of nitrogens with zero attached hydrogens (tertiary/aromatic N) is 7. The number of rotatable bonds is 25. The van der Waals surface area contributed by atoms with Crippen LogP contribution in [0.15, 0.2) is 90.8 Å². The number of ether oxygens (including phenoxy) is 4. The SMILES string of the molecule is Cc1ncsc1-c1ccc(CNC(=O)[C@@H]2C[C@@H](O)CN2C(=O)[C@@H](NC(=O)COCCCOCCCCCOc2ccc3c(c2)[C@H](NC(=O)c2cccc(NCc4nnc(-c5ccncn5)n4C)c2)CCO3)C(C)(C)C)cc1. The minimum atomic E-state index is -0.954. The largest absolute Gasteiger partial charge is 0.494 e. The maximum Gasteiger partial charge on any atom is 0.251 e. The van der Waals surface area contributed by atoms with Gasteiger partial charge < -0.3 is 54.8 Å². The normalized spacial score (nSPS) is 16.5. The highest BCUT2D eigenvalue weighted by molar-refractivity contribution is 7.13. The number of thiazole rings is 1. The summed E-state index contributed by atoms with van der Waals surface area (Å²) in [5.74, 6) is 1.31. The maximum atomic E-state index is 14.0. The minimum Gasteiger partial charge on any atom is -0.494 e.